The van der Waals surface area contributed by atoms with E-state index in [1.165, 1.54) is 42.6 Å². The molecule has 2 saturated carbocycles. The van der Waals surface area contributed by atoms with Crippen LogP contribution in [0.4, 0.5) is 0 Å². The van der Waals surface area contributed by atoms with Gasteiger partial charge < -0.3 is 15.2 Å². The van der Waals surface area contributed by atoms with Gasteiger partial charge in [-0.15, -0.1) is 0 Å². The van der Waals surface area contributed by atoms with E-state index < -0.39 is 17.4 Å². The van der Waals surface area contributed by atoms with Crippen molar-refractivity contribution in [2.24, 2.45) is 17.3 Å². The van der Waals surface area contributed by atoms with Crippen LogP contribution in [0.1, 0.15) is 101 Å². The number of amides is 1. The summed E-state index contributed by atoms with van der Waals surface area (Å²) >= 11 is 0. The highest BCUT2D eigenvalue weighted by atomic mass is 16.5. The molecule has 35 heavy (non-hydrogen) atoms. The Labute approximate surface area is 210 Å². The normalized spacial score (nSPS) is 23.7. The summed E-state index contributed by atoms with van der Waals surface area (Å²) in [6.07, 6.45) is 15.2. The molecule has 2 fully saturated rings. The number of carbonyl (C=O) groups is 2. The Bertz CT molecular complexity index is 871. The van der Waals surface area contributed by atoms with Crippen LogP contribution in [-0.4, -0.2) is 40.7 Å². The SMILES string of the molecule is CC(C)(C(=O)NC(CCOC1CC(CCc2ccc3c(n2)CCCC3)C1)C(=O)O)C1CCCCC1. The lowest BCUT2D eigenvalue weighted by molar-refractivity contribution is -0.145. The second-order valence-corrected chi connectivity index (χ2v) is 11.7. The quantitative estimate of drug-likeness (QED) is 0.448. The third kappa shape index (κ3) is 6.84. The molecule has 6 nitrogen and oxygen atoms in total. The third-order valence-electron chi connectivity index (χ3n) is 8.81. The number of carboxylic acids is 1. The first kappa shape index (κ1) is 26.1. The van der Waals surface area contributed by atoms with Crippen LogP contribution in [0.25, 0.3) is 0 Å². The number of nitrogens with one attached hydrogen (secondary N) is 1. The fourth-order valence-electron chi connectivity index (χ4n) is 6.13. The van der Waals surface area contributed by atoms with Gasteiger partial charge in [0.15, 0.2) is 0 Å². The van der Waals surface area contributed by atoms with Crippen molar-refractivity contribution in [2.45, 2.75) is 116 Å². The Morgan fingerprint density at radius 3 is 2.60 bits per heavy atom. The number of nitrogens with zero attached hydrogens (tertiary/aromatic N) is 1. The van der Waals surface area contributed by atoms with E-state index in [1.54, 1.807) is 0 Å². The van der Waals surface area contributed by atoms with Crippen LogP contribution in [0, 0.1) is 17.3 Å². The first-order chi connectivity index (χ1) is 16.8. The van der Waals surface area contributed by atoms with Crippen molar-refractivity contribution in [2.75, 3.05) is 6.61 Å². The summed E-state index contributed by atoms with van der Waals surface area (Å²) in [5, 5.41) is 12.5. The summed E-state index contributed by atoms with van der Waals surface area (Å²) in [5.41, 5.74) is 3.42. The first-order valence-corrected chi connectivity index (χ1v) is 14.0. The second kappa shape index (κ2) is 11.9. The first-order valence-electron chi connectivity index (χ1n) is 14.0. The number of aliphatic carboxylic acids is 1. The Kier molecular flexibility index (Phi) is 8.85. The molecular formula is C29H44N2O4. The molecule has 0 saturated heterocycles. The van der Waals surface area contributed by atoms with Crippen molar-refractivity contribution in [1.82, 2.24) is 10.3 Å². The standard InChI is InChI=1S/C29H44N2O4/c1-29(2,22-9-4-3-5-10-22)28(34)31-26(27(32)33)16-17-35-24-18-20(19-24)12-14-23-15-13-21-8-6-7-11-25(21)30-23/h13,15,20,22,24,26H,3-12,14,16-19H2,1-2H3,(H,31,34)(H,32,33). The third-order valence-corrected chi connectivity index (χ3v) is 8.81. The van der Waals surface area contributed by atoms with Gasteiger partial charge in [-0.05, 0) is 87.7 Å². The number of hydrogen-bond acceptors (Lipinski definition) is 4. The maximum atomic E-state index is 12.9. The molecule has 0 spiro atoms. The molecule has 1 aromatic rings. The van der Waals surface area contributed by atoms with Gasteiger partial charge in [0.05, 0.1) is 6.10 Å². The van der Waals surface area contributed by atoms with E-state index >= 15 is 0 Å². The van der Waals surface area contributed by atoms with Crippen LogP contribution >= 0.6 is 0 Å². The molecule has 4 rings (SSSR count). The van der Waals surface area contributed by atoms with E-state index in [4.69, 9.17) is 9.72 Å². The molecule has 0 radical (unpaired) electrons. The van der Waals surface area contributed by atoms with E-state index in [9.17, 15) is 14.7 Å². The van der Waals surface area contributed by atoms with Crippen molar-refractivity contribution in [3.8, 4) is 0 Å². The molecule has 0 aromatic carbocycles. The van der Waals surface area contributed by atoms with Gasteiger partial charge >= 0.3 is 5.97 Å². The Morgan fingerprint density at radius 1 is 1.11 bits per heavy atom. The Balaban J connectivity index is 1.14. The molecule has 6 heteroatoms. The van der Waals surface area contributed by atoms with Crippen LogP contribution in [0.3, 0.4) is 0 Å². The highest BCUT2D eigenvalue weighted by Crippen LogP contribution is 2.38. The Morgan fingerprint density at radius 2 is 1.86 bits per heavy atom. The van der Waals surface area contributed by atoms with Crippen molar-refractivity contribution in [3.63, 3.8) is 0 Å². The topological polar surface area (TPSA) is 88.5 Å². The number of rotatable bonds is 11. The zero-order valence-corrected chi connectivity index (χ0v) is 21.7. The lowest BCUT2D eigenvalue weighted by atomic mass is 9.70. The zero-order chi connectivity index (χ0) is 24.8. The summed E-state index contributed by atoms with van der Waals surface area (Å²) in [4.78, 5) is 29.6. The predicted molar refractivity (Wildman–Crippen MR) is 136 cm³/mol. The maximum absolute atomic E-state index is 12.9. The molecule has 3 aliphatic carbocycles. The average molecular weight is 485 g/mol. The number of aromatic nitrogens is 1. The molecular weight excluding hydrogens is 440 g/mol. The number of hydrogen-bond donors (Lipinski definition) is 2. The smallest absolute Gasteiger partial charge is 0.326 e. The summed E-state index contributed by atoms with van der Waals surface area (Å²) in [6.45, 7) is 4.29. The van der Waals surface area contributed by atoms with E-state index in [0.29, 0.717) is 24.9 Å². The van der Waals surface area contributed by atoms with Crippen LogP contribution in [0.2, 0.25) is 0 Å². The summed E-state index contributed by atoms with van der Waals surface area (Å²) in [6, 6.07) is 3.58. The summed E-state index contributed by atoms with van der Waals surface area (Å²) in [5.74, 6) is -0.142. The van der Waals surface area contributed by atoms with Gasteiger partial charge in [0.1, 0.15) is 6.04 Å². The average Bonchev–Trinajstić information content (AvgIpc) is 2.84. The fourth-order valence-corrected chi connectivity index (χ4v) is 6.13. The zero-order valence-electron chi connectivity index (χ0n) is 21.7. The van der Waals surface area contributed by atoms with Gasteiger partial charge in [-0.1, -0.05) is 39.2 Å². The maximum Gasteiger partial charge on any atom is 0.326 e. The van der Waals surface area contributed by atoms with E-state index in [0.717, 1.165) is 57.8 Å². The molecule has 3 aliphatic rings. The van der Waals surface area contributed by atoms with Crippen molar-refractivity contribution in [3.05, 3.63) is 29.1 Å². The molecule has 2 N–H and O–H groups in total. The molecule has 1 heterocycles. The van der Waals surface area contributed by atoms with Gasteiger partial charge in [-0.2, -0.15) is 0 Å². The predicted octanol–water partition coefficient (Wildman–Crippen LogP) is 5.25. The molecule has 1 aromatic heterocycles. The number of carbonyl (C=O) groups excluding carboxylic acids is 1. The molecule has 1 atom stereocenters. The number of aryl methyl sites for hydroxylation is 3. The van der Waals surface area contributed by atoms with Gasteiger partial charge in [-0.3, -0.25) is 9.78 Å². The molecule has 1 unspecified atom stereocenters. The minimum Gasteiger partial charge on any atom is -0.480 e. The van der Waals surface area contributed by atoms with Gasteiger partial charge in [0, 0.05) is 29.8 Å². The number of carboxylic acid groups (broad SMARTS) is 1. The molecule has 194 valence electrons. The molecule has 0 bridgehead atoms. The van der Waals surface area contributed by atoms with E-state index in [2.05, 4.69) is 17.4 Å². The fraction of sp³-hybridized carbons (Fsp3) is 0.759. The number of ether oxygens (including phenoxy) is 1. The van der Waals surface area contributed by atoms with Crippen LogP contribution in [0.15, 0.2) is 12.1 Å². The highest BCUT2D eigenvalue weighted by Gasteiger charge is 2.39. The monoisotopic (exact) mass is 484 g/mol. The number of fused-ring (bicyclic) bond motifs is 1. The summed E-state index contributed by atoms with van der Waals surface area (Å²) in [7, 11) is 0. The Hall–Kier alpha value is -1.95. The van der Waals surface area contributed by atoms with Crippen LogP contribution < -0.4 is 5.32 Å². The molecule has 0 aliphatic heterocycles. The van der Waals surface area contributed by atoms with Crippen LogP contribution in [0.5, 0.6) is 0 Å². The van der Waals surface area contributed by atoms with Gasteiger partial charge in [0.2, 0.25) is 5.91 Å². The van der Waals surface area contributed by atoms with E-state index in [-0.39, 0.29) is 12.0 Å². The summed E-state index contributed by atoms with van der Waals surface area (Å²) < 4.78 is 5.97. The van der Waals surface area contributed by atoms with E-state index in [1.807, 2.05) is 13.8 Å². The second-order valence-electron chi connectivity index (χ2n) is 11.7. The van der Waals surface area contributed by atoms with Crippen molar-refractivity contribution in [1.29, 1.82) is 0 Å². The van der Waals surface area contributed by atoms with Gasteiger partial charge in [0.25, 0.3) is 0 Å². The minimum absolute atomic E-state index is 0.142. The lowest BCUT2D eigenvalue weighted by Gasteiger charge is -2.37. The van der Waals surface area contributed by atoms with Crippen molar-refractivity contribution >= 4 is 11.9 Å². The van der Waals surface area contributed by atoms with Crippen LogP contribution in [-0.2, 0) is 33.6 Å². The highest BCUT2D eigenvalue weighted by molar-refractivity contribution is 5.87. The van der Waals surface area contributed by atoms with Gasteiger partial charge in [-0.25, -0.2) is 4.79 Å². The largest absolute Gasteiger partial charge is 0.480 e. The minimum atomic E-state index is -0.981. The number of pyridine rings is 1. The van der Waals surface area contributed by atoms with Crippen molar-refractivity contribution < 1.29 is 19.4 Å². The molecule has 1 amide bonds. The lowest BCUT2D eigenvalue weighted by Crippen LogP contribution is -2.49.